The van der Waals surface area contributed by atoms with Crippen LogP contribution >= 0.6 is 11.3 Å². The number of hydrogen-bond donors (Lipinski definition) is 1. The molecule has 3 nitrogen and oxygen atoms in total. The second-order valence-electron chi connectivity index (χ2n) is 5.39. The predicted molar refractivity (Wildman–Crippen MR) is 91.0 cm³/mol. The van der Waals surface area contributed by atoms with Gasteiger partial charge in [-0.3, -0.25) is 0 Å². The Morgan fingerprint density at radius 2 is 1.86 bits per heavy atom. The van der Waals surface area contributed by atoms with Crippen LogP contribution in [-0.2, 0) is 16.4 Å². The minimum atomic E-state index is -3.24. The number of thiophene rings is 1. The molecule has 0 atom stereocenters. The molecule has 0 aliphatic carbocycles. The third-order valence-corrected chi connectivity index (χ3v) is 5.82. The van der Waals surface area contributed by atoms with Crippen molar-refractivity contribution >= 4 is 31.3 Å². The average molecular weight is 332 g/mol. The van der Waals surface area contributed by atoms with Gasteiger partial charge in [0.05, 0.1) is 11.5 Å². The number of aliphatic hydroxyl groups excluding tert-OH is 1. The first-order chi connectivity index (χ1) is 10.4. The number of sulfone groups is 1. The second kappa shape index (κ2) is 5.50. The molecule has 3 rings (SSSR count). The van der Waals surface area contributed by atoms with Gasteiger partial charge in [0.2, 0.25) is 0 Å². The summed E-state index contributed by atoms with van der Waals surface area (Å²) in [5.74, 6) is 0. The van der Waals surface area contributed by atoms with Crippen LogP contribution in [0.15, 0.2) is 46.7 Å². The van der Waals surface area contributed by atoms with E-state index in [9.17, 15) is 13.5 Å². The molecule has 1 heterocycles. The number of aryl methyl sites for hydroxylation is 1. The standard InChI is InChI=1S/C17H16O3S2/c1-11-3-5-13(22(2,19)20)8-14(11)16-10-21-17-6-4-12(9-18)7-15(16)17/h3-8,10,18H,9H2,1-2H3. The molecule has 0 unspecified atom stereocenters. The molecular formula is C17H16O3S2. The Hall–Kier alpha value is -1.69. The van der Waals surface area contributed by atoms with Crippen molar-refractivity contribution in [1.29, 1.82) is 0 Å². The van der Waals surface area contributed by atoms with Crippen molar-refractivity contribution in [2.45, 2.75) is 18.4 Å². The second-order valence-corrected chi connectivity index (χ2v) is 8.31. The summed E-state index contributed by atoms with van der Waals surface area (Å²) in [4.78, 5) is 0.325. The summed E-state index contributed by atoms with van der Waals surface area (Å²) in [6.07, 6.45) is 1.22. The van der Waals surface area contributed by atoms with Crippen LogP contribution in [0, 0.1) is 6.92 Å². The Kier molecular flexibility index (Phi) is 3.80. The lowest BCUT2D eigenvalue weighted by Crippen LogP contribution is -1.98. The van der Waals surface area contributed by atoms with E-state index in [1.807, 2.05) is 36.6 Å². The molecule has 0 saturated heterocycles. The van der Waals surface area contributed by atoms with E-state index in [0.717, 1.165) is 32.3 Å². The molecule has 0 fully saturated rings. The van der Waals surface area contributed by atoms with Gasteiger partial charge in [-0.1, -0.05) is 12.1 Å². The normalized spacial score (nSPS) is 12.0. The predicted octanol–water partition coefficient (Wildman–Crippen LogP) is 3.77. The summed E-state index contributed by atoms with van der Waals surface area (Å²) in [6, 6.07) is 11.1. The fourth-order valence-corrected chi connectivity index (χ4v) is 4.09. The van der Waals surface area contributed by atoms with E-state index in [1.54, 1.807) is 23.5 Å². The molecule has 0 amide bonds. The quantitative estimate of drug-likeness (QED) is 0.794. The molecule has 0 radical (unpaired) electrons. The molecule has 5 heteroatoms. The van der Waals surface area contributed by atoms with Crippen molar-refractivity contribution in [1.82, 2.24) is 0 Å². The molecule has 114 valence electrons. The highest BCUT2D eigenvalue weighted by Gasteiger charge is 2.14. The van der Waals surface area contributed by atoms with Gasteiger partial charge in [0.25, 0.3) is 0 Å². The summed E-state index contributed by atoms with van der Waals surface area (Å²) >= 11 is 1.62. The van der Waals surface area contributed by atoms with Gasteiger partial charge in [-0.15, -0.1) is 11.3 Å². The molecular weight excluding hydrogens is 316 g/mol. The van der Waals surface area contributed by atoms with Crippen LogP contribution in [-0.4, -0.2) is 19.8 Å². The van der Waals surface area contributed by atoms with E-state index in [-0.39, 0.29) is 6.61 Å². The molecule has 2 aromatic carbocycles. The zero-order valence-corrected chi connectivity index (χ0v) is 14.0. The first kappa shape index (κ1) is 15.2. The molecule has 0 bridgehead atoms. The zero-order chi connectivity index (χ0) is 15.9. The van der Waals surface area contributed by atoms with E-state index in [4.69, 9.17) is 0 Å². The van der Waals surface area contributed by atoms with Crippen molar-refractivity contribution in [3.8, 4) is 11.1 Å². The fraction of sp³-hybridized carbons (Fsp3) is 0.176. The summed E-state index contributed by atoms with van der Waals surface area (Å²) in [5, 5.41) is 12.4. The third kappa shape index (κ3) is 2.67. The van der Waals surface area contributed by atoms with Crippen molar-refractivity contribution in [2.24, 2.45) is 0 Å². The van der Waals surface area contributed by atoms with Gasteiger partial charge in [-0.05, 0) is 53.3 Å². The van der Waals surface area contributed by atoms with E-state index in [0.29, 0.717) is 4.90 Å². The first-order valence-electron chi connectivity index (χ1n) is 6.82. The van der Waals surface area contributed by atoms with Crippen LogP contribution in [0.3, 0.4) is 0 Å². The number of aliphatic hydroxyl groups is 1. The van der Waals surface area contributed by atoms with Gasteiger partial charge >= 0.3 is 0 Å². The van der Waals surface area contributed by atoms with E-state index in [2.05, 4.69) is 0 Å². The van der Waals surface area contributed by atoms with Crippen LogP contribution in [0.4, 0.5) is 0 Å². The number of fused-ring (bicyclic) bond motifs is 1. The highest BCUT2D eigenvalue weighted by Crippen LogP contribution is 2.37. The lowest BCUT2D eigenvalue weighted by molar-refractivity contribution is 0.282. The van der Waals surface area contributed by atoms with Crippen molar-refractivity contribution in [3.63, 3.8) is 0 Å². The summed E-state index contributed by atoms with van der Waals surface area (Å²) < 4.78 is 24.7. The summed E-state index contributed by atoms with van der Waals surface area (Å²) in [5.41, 5.74) is 3.81. The molecule has 1 aromatic heterocycles. The minimum absolute atomic E-state index is 0.00636. The Balaban J connectivity index is 2.27. The van der Waals surface area contributed by atoms with Crippen molar-refractivity contribution in [2.75, 3.05) is 6.26 Å². The monoisotopic (exact) mass is 332 g/mol. The highest BCUT2D eigenvalue weighted by molar-refractivity contribution is 7.90. The lowest BCUT2D eigenvalue weighted by Gasteiger charge is -2.08. The number of rotatable bonds is 3. The molecule has 1 N–H and O–H groups in total. The van der Waals surface area contributed by atoms with Gasteiger partial charge in [0, 0.05) is 21.9 Å². The maximum Gasteiger partial charge on any atom is 0.175 e. The van der Waals surface area contributed by atoms with Gasteiger partial charge in [0.1, 0.15) is 0 Å². The summed E-state index contributed by atoms with van der Waals surface area (Å²) in [7, 11) is -3.24. The first-order valence-corrected chi connectivity index (χ1v) is 9.59. The van der Waals surface area contributed by atoms with Gasteiger partial charge in [0.15, 0.2) is 9.84 Å². The van der Waals surface area contributed by atoms with Crippen LogP contribution in [0.25, 0.3) is 21.2 Å². The van der Waals surface area contributed by atoms with Crippen LogP contribution in [0.5, 0.6) is 0 Å². The Morgan fingerprint density at radius 3 is 2.55 bits per heavy atom. The molecule has 3 aromatic rings. The Labute approximate surface area is 133 Å². The SMILES string of the molecule is Cc1ccc(S(C)(=O)=O)cc1-c1csc2ccc(CO)cc12. The molecule has 0 saturated carbocycles. The van der Waals surface area contributed by atoms with Gasteiger partial charge in [-0.2, -0.15) is 0 Å². The maximum absolute atomic E-state index is 11.8. The van der Waals surface area contributed by atoms with Crippen molar-refractivity contribution < 1.29 is 13.5 Å². The van der Waals surface area contributed by atoms with Crippen LogP contribution in [0.2, 0.25) is 0 Å². The number of hydrogen-bond acceptors (Lipinski definition) is 4. The van der Waals surface area contributed by atoms with Crippen molar-refractivity contribution in [3.05, 3.63) is 52.9 Å². The van der Waals surface area contributed by atoms with E-state index in [1.165, 1.54) is 6.26 Å². The van der Waals surface area contributed by atoms with E-state index >= 15 is 0 Å². The van der Waals surface area contributed by atoms with Gasteiger partial charge < -0.3 is 5.11 Å². The third-order valence-electron chi connectivity index (χ3n) is 3.75. The maximum atomic E-state index is 11.8. The zero-order valence-electron chi connectivity index (χ0n) is 12.3. The van der Waals surface area contributed by atoms with Gasteiger partial charge in [-0.25, -0.2) is 8.42 Å². The molecule has 22 heavy (non-hydrogen) atoms. The Bertz CT molecular complexity index is 953. The topological polar surface area (TPSA) is 54.4 Å². The largest absolute Gasteiger partial charge is 0.392 e. The summed E-state index contributed by atoms with van der Waals surface area (Å²) in [6.45, 7) is 1.97. The highest BCUT2D eigenvalue weighted by atomic mass is 32.2. The molecule has 0 aliphatic heterocycles. The van der Waals surface area contributed by atoms with Crippen LogP contribution < -0.4 is 0 Å². The average Bonchev–Trinajstić information content (AvgIpc) is 2.89. The smallest absolute Gasteiger partial charge is 0.175 e. The Morgan fingerprint density at radius 1 is 1.09 bits per heavy atom. The number of benzene rings is 2. The molecule has 0 spiro atoms. The molecule has 0 aliphatic rings. The van der Waals surface area contributed by atoms with E-state index < -0.39 is 9.84 Å². The fourth-order valence-electron chi connectivity index (χ4n) is 2.51. The van der Waals surface area contributed by atoms with Crippen LogP contribution in [0.1, 0.15) is 11.1 Å². The lowest BCUT2D eigenvalue weighted by atomic mass is 9.99. The minimum Gasteiger partial charge on any atom is -0.392 e.